The van der Waals surface area contributed by atoms with Crippen LogP contribution in [0.2, 0.25) is 0 Å². The van der Waals surface area contributed by atoms with Crippen LogP contribution >= 0.6 is 0 Å². The van der Waals surface area contributed by atoms with Crippen LogP contribution in [-0.4, -0.2) is 74.3 Å². The van der Waals surface area contributed by atoms with Gasteiger partial charge in [0.1, 0.15) is 12.6 Å². The number of aromatic nitrogens is 3. The molecular formula is C39H49N7O5. The van der Waals surface area contributed by atoms with Gasteiger partial charge in [0, 0.05) is 31.0 Å². The highest BCUT2D eigenvalue weighted by Crippen LogP contribution is 2.16. The monoisotopic (exact) mass is 695 g/mol. The fraction of sp³-hybridized carbons (Fsp3) is 0.385. The van der Waals surface area contributed by atoms with Crippen molar-refractivity contribution in [1.82, 2.24) is 35.8 Å². The Morgan fingerprint density at radius 1 is 0.824 bits per heavy atom. The number of alkyl carbamates (subject to hydrolysis) is 1. The lowest BCUT2D eigenvalue weighted by atomic mass is 9.93. The zero-order chi connectivity index (χ0) is 36.8. The van der Waals surface area contributed by atoms with Gasteiger partial charge in [-0.15, -0.1) is 0 Å². The first-order valence-electron chi connectivity index (χ1n) is 17.2. The highest BCUT2D eigenvalue weighted by atomic mass is 16.5. The molecule has 0 saturated heterocycles. The summed E-state index contributed by atoms with van der Waals surface area (Å²) in [6.45, 7) is 7.68. The van der Waals surface area contributed by atoms with E-state index in [1.807, 2.05) is 94.4 Å². The lowest BCUT2D eigenvalue weighted by Gasteiger charge is -2.31. The largest absolute Gasteiger partial charge is 0.445 e. The molecule has 0 aliphatic carbocycles. The quantitative estimate of drug-likeness (QED) is 0.132. The van der Waals surface area contributed by atoms with E-state index in [4.69, 9.17) is 4.74 Å². The van der Waals surface area contributed by atoms with E-state index < -0.39 is 42.3 Å². The van der Waals surface area contributed by atoms with Gasteiger partial charge in [-0.2, -0.15) is 0 Å². The molecule has 51 heavy (non-hydrogen) atoms. The van der Waals surface area contributed by atoms with Gasteiger partial charge in [-0.3, -0.25) is 19.7 Å². The van der Waals surface area contributed by atoms with Crippen molar-refractivity contribution in [1.29, 1.82) is 0 Å². The lowest BCUT2D eigenvalue weighted by Crippen LogP contribution is -2.57. The van der Waals surface area contributed by atoms with E-state index in [0.29, 0.717) is 18.5 Å². The fourth-order valence-corrected chi connectivity index (χ4v) is 5.57. The van der Waals surface area contributed by atoms with Gasteiger partial charge in [0.15, 0.2) is 0 Å². The molecule has 0 aliphatic heterocycles. The van der Waals surface area contributed by atoms with Crippen LogP contribution in [0.4, 0.5) is 9.59 Å². The second-order valence-corrected chi connectivity index (χ2v) is 13.1. The van der Waals surface area contributed by atoms with Gasteiger partial charge < -0.3 is 30.7 Å². The maximum Gasteiger partial charge on any atom is 0.407 e. The average Bonchev–Trinajstić information content (AvgIpc) is 3.12. The Morgan fingerprint density at radius 3 is 2.08 bits per heavy atom. The first kappa shape index (κ1) is 38.4. The Labute approximate surface area is 300 Å². The summed E-state index contributed by atoms with van der Waals surface area (Å²) in [5.74, 6) is -0.693. The Balaban J connectivity index is 1.48. The number of hydrogen-bond donors (Lipinski definition) is 4. The fourth-order valence-electron chi connectivity index (χ4n) is 5.57. The number of nitrogens with zero attached hydrogens (tertiary/aromatic N) is 4. The second kappa shape index (κ2) is 19.1. The van der Waals surface area contributed by atoms with Crippen LogP contribution in [0.5, 0.6) is 0 Å². The third-order valence-electron chi connectivity index (χ3n) is 8.57. The highest BCUT2D eigenvalue weighted by molar-refractivity contribution is 5.87. The molecule has 0 bridgehead atoms. The molecule has 0 saturated carbocycles. The number of aliphatic hydroxyl groups excluding tert-OH is 1. The number of aliphatic hydroxyl groups is 1. The van der Waals surface area contributed by atoms with Crippen LogP contribution in [0, 0.1) is 19.8 Å². The van der Waals surface area contributed by atoms with Crippen molar-refractivity contribution in [2.45, 2.75) is 84.3 Å². The number of aryl methyl sites for hydroxylation is 2. The summed E-state index contributed by atoms with van der Waals surface area (Å²) in [6.07, 6.45) is 4.06. The molecule has 1 unspecified atom stereocenters. The zero-order valence-corrected chi connectivity index (χ0v) is 30.0. The van der Waals surface area contributed by atoms with E-state index >= 15 is 0 Å². The van der Waals surface area contributed by atoms with Crippen LogP contribution < -0.4 is 16.0 Å². The minimum absolute atomic E-state index is 0.0442. The van der Waals surface area contributed by atoms with E-state index in [0.717, 1.165) is 28.1 Å². The van der Waals surface area contributed by atoms with E-state index in [1.54, 1.807) is 31.7 Å². The summed E-state index contributed by atoms with van der Waals surface area (Å²) >= 11 is 0. The number of urea groups is 1. The molecule has 4 N–H and O–H groups in total. The number of benzene rings is 2. The van der Waals surface area contributed by atoms with E-state index in [1.165, 1.54) is 4.90 Å². The summed E-state index contributed by atoms with van der Waals surface area (Å²) < 4.78 is 5.47. The van der Waals surface area contributed by atoms with Crippen LogP contribution in [0.1, 0.15) is 54.0 Å². The SMILES string of the molecule is Cc1ncc(CN(C)C(=O)NC(C(=O)N[C@@H](Cc2ccccc2)[C@@H](O)C[C@H](Cc2ccccc2)NC(=O)OCc2cccnc2)C(C)C)nc1C. The molecule has 2 aromatic carbocycles. The van der Waals surface area contributed by atoms with Crippen molar-refractivity contribution in [3.05, 3.63) is 125 Å². The average molecular weight is 696 g/mol. The summed E-state index contributed by atoms with van der Waals surface area (Å²) in [6, 6.07) is 20.1. The van der Waals surface area contributed by atoms with Gasteiger partial charge in [-0.1, -0.05) is 80.6 Å². The molecule has 4 atom stereocenters. The molecule has 12 nitrogen and oxygen atoms in total. The summed E-state index contributed by atoms with van der Waals surface area (Å²) in [4.78, 5) is 54.5. The molecule has 0 aliphatic rings. The van der Waals surface area contributed by atoms with Gasteiger partial charge in [0.25, 0.3) is 0 Å². The predicted molar refractivity (Wildman–Crippen MR) is 194 cm³/mol. The van der Waals surface area contributed by atoms with Crippen molar-refractivity contribution in [3.8, 4) is 0 Å². The van der Waals surface area contributed by atoms with Crippen LogP contribution in [0.3, 0.4) is 0 Å². The smallest absolute Gasteiger partial charge is 0.407 e. The van der Waals surface area contributed by atoms with Gasteiger partial charge >= 0.3 is 12.1 Å². The Kier molecular flexibility index (Phi) is 14.4. The number of carbonyl (C=O) groups excluding carboxylic acids is 3. The molecule has 2 heterocycles. The molecule has 0 fully saturated rings. The normalized spacial score (nSPS) is 13.4. The molecule has 270 valence electrons. The molecule has 4 amide bonds. The molecular weight excluding hydrogens is 646 g/mol. The molecule has 0 radical (unpaired) electrons. The second-order valence-electron chi connectivity index (χ2n) is 13.1. The summed E-state index contributed by atoms with van der Waals surface area (Å²) in [5, 5.41) is 20.6. The van der Waals surface area contributed by atoms with Gasteiger partial charge in [-0.25, -0.2) is 9.59 Å². The van der Waals surface area contributed by atoms with Crippen molar-refractivity contribution >= 4 is 18.0 Å². The molecule has 4 rings (SSSR count). The van der Waals surface area contributed by atoms with Crippen molar-refractivity contribution in [2.75, 3.05) is 7.05 Å². The first-order valence-corrected chi connectivity index (χ1v) is 17.2. The Hall–Kier alpha value is -5.36. The third kappa shape index (κ3) is 12.5. The summed E-state index contributed by atoms with van der Waals surface area (Å²) in [5.41, 5.74) is 4.85. The standard InChI is InChI=1S/C39H49N7O5/c1-26(2)36(45-38(49)46(5)24-33-23-41-27(3)28(4)42-33)37(48)44-34(20-30-15-10-7-11-16-30)35(47)21-32(19-29-13-8-6-9-14-29)43-39(50)51-25-31-17-12-18-40-22-31/h6-18,22-23,26,32,34-36,47H,19-21,24-25H2,1-5H3,(H,43,50)(H,44,48)(H,45,49)/t32-,34-,35-,36?/m0/s1. The number of amides is 4. The van der Waals surface area contributed by atoms with Gasteiger partial charge in [-0.05, 0) is 56.2 Å². The Morgan fingerprint density at radius 2 is 1.47 bits per heavy atom. The molecule has 4 aromatic rings. The van der Waals surface area contributed by atoms with Crippen LogP contribution in [-0.2, 0) is 35.5 Å². The van der Waals surface area contributed by atoms with Gasteiger partial charge in [0.05, 0.1) is 42.0 Å². The number of hydrogen-bond acceptors (Lipinski definition) is 8. The van der Waals surface area contributed by atoms with E-state index in [-0.39, 0.29) is 25.5 Å². The number of ether oxygens (including phenoxy) is 1. The number of pyridine rings is 1. The molecule has 12 heteroatoms. The van der Waals surface area contributed by atoms with Gasteiger partial charge in [0.2, 0.25) is 5.91 Å². The molecule has 0 spiro atoms. The highest BCUT2D eigenvalue weighted by Gasteiger charge is 2.31. The summed E-state index contributed by atoms with van der Waals surface area (Å²) in [7, 11) is 1.63. The molecule has 2 aromatic heterocycles. The van der Waals surface area contributed by atoms with E-state index in [9.17, 15) is 19.5 Å². The Bertz CT molecular complexity index is 1690. The number of rotatable bonds is 16. The number of carbonyl (C=O) groups is 3. The third-order valence-corrected chi connectivity index (χ3v) is 8.57. The minimum Gasteiger partial charge on any atom is -0.445 e. The van der Waals surface area contributed by atoms with Crippen molar-refractivity contribution < 1.29 is 24.2 Å². The topological polar surface area (TPSA) is 159 Å². The van der Waals surface area contributed by atoms with Crippen LogP contribution in [0.25, 0.3) is 0 Å². The van der Waals surface area contributed by atoms with Crippen molar-refractivity contribution in [3.63, 3.8) is 0 Å². The van der Waals surface area contributed by atoms with Crippen molar-refractivity contribution in [2.24, 2.45) is 5.92 Å². The minimum atomic E-state index is -1.07. The zero-order valence-electron chi connectivity index (χ0n) is 30.0. The predicted octanol–water partition coefficient (Wildman–Crippen LogP) is 4.67. The van der Waals surface area contributed by atoms with Crippen LogP contribution in [0.15, 0.2) is 91.4 Å². The van der Waals surface area contributed by atoms with E-state index in [2.05, 4.69) is 30.9 Å². The first-order chi connectivity index (χ1) is 24.5. The maximum absolute atomic E-state index is 13.9. The number of nitrogens with one attached hydrogen (secondary N) is 3. The lowest BCUT2D eigenvalue weighted by molar-refractivity contribution is -0.125. The maximum atomic E-state index is 13.9.